The molecule has 0 unspecified atom stereocenters. The van der Waals surface area contributed by atoms with Gasteiger partial charge in [0.1, 0.15) is 5.75 Å². The van der Waals surface area contributed by atoms with Crippen LogP contribution >= 0.6 is 22.7 Å². The topological polar surface area (TPSA) is 73.1 Å². The number of nitrogen functional groups attached to an aromatic ring is 1. The molecule has 2 heterocycles. The van der Waals surface area contributed by atoms with Crippen molar-refractivity contribution in [3.8, 4) is 16.3 Å². The van der Waals surface area contributed by atoms with Crippen LogP contribution in [0.4, 0.5) is 16.5 Å². The lowest BCUT2D eigenvalue weighted by molar-refractivity contribution is 0.417. The number of nitrogens with one attached hydrogen (secondary N) is 1. The summed E-state index contributed by atoms with van der Waals surface area (Å²) in [5, 5.41) is 7.14. The highest BCUT2D eigenvalue weighted by Crippen LogP contribution is 2.35. The standard InChI is InChI=1S/C15H16N4OS2/c1-8-14(22-9(2)17-8)12-7-21-15(19-12)18-11-6-10(16)4-5-13(11)20-3/h4-7H,16H2,1-3H3,(H,18,19). The number of anilines is 3. The first-order valence-electron chi connectivity index (χ1n) is 6.67. The summed E-state index contributed by atoms with van der Waals surface area (Å²) in [6.45, 7) is 4.01. The molecule has 1 aromatic carbocycles. The Hall–Kier alpha value is -2.12. The Morgan fingerprint density at radius 1 is 1.23 bits per heavy atom. The Morgan fingerprint density at radius 3 is 2.73 bits per heavy atom. The third-order valence-corrected chi connectivity index (χ3v) is 4.96. The second kappa shape index (κ2) is 5.94. The summed E-state index contributed by atoms with van der Waals surface area (Å²) in [7, 11) is 1.63. The van der Waals surface area contributed by atoms with Crippen molar-refractivity contribution in [2.24, 2.45) is 0 Å². The van der Waals surface area contributed by atoms with E-state index in [-0.39, 0.29) is 0 Å². The molecule has 2 aromatic heterocycles. The van der Waals surface area contributed by atoms with Gasteiger partial charge in [-0.25, -0.2) is 9.97 Å². The SMILES string of the molecule is COc1ccc(N)cc1Nc1nc(-c2sc(C)nc2C)cs1. The molecule has 22 heavy (non-hydrogen) atoms. The van der Waals surface area contributed by atoms with Crippen LogP contribution in [0.3, 0.4) is 0 Å². The molecule has 0 spiro atoms. The fraction of sp³-hybridized carbons (Fsp3) is 0.200. The molecule has 0 saturated carbocycles. The molecule has 0 aliphatic rings. The van der Waals surface area contributed by atoms with Gasteiger partial charge in [0.15, 0.2) is 5.13 Å². The van der Waals surface area contributed by atoms with Crippen LogP contribution in [-0.2, 0) is 0 Å². The summed E-state index contributed by atoms with van der Waals surface area (Å²) in [6.07, 6.45) is 0. The van der Waals surface area contributed by atoms with Crippen molar-refractivity contribution in [2.75, 3.05) is 18.2 Å². The highest BCUT2D eigenvalue weighted by molar-refractivity contribution is 7.16. The van der Waals surface area contributed by atoms with E-state index < -0.39 is 0 Å². The number of nitrogens with zero attached hydrogens (tertiary/aromatic N) is 2. The molecule has 0 aliphatic carbocycles. The number of nitrogens with two attached hydrogens (primary N) is 1. The van der Waals surface area contributed by atoms with Crippen molar-refractivity contribution in [1.82, 2.24) is 9.97 Å². The van der Waals surface area contributed by atoms with Gasteiger partial charge in [0, 0.05) is 11.1 Å². The number of methoxy groups -OCH3 is 1. The summed E-state index contributed by atoms with van der Waals surface area (Å²) in [5.74, 6) is 0.732. The fourth-order valence-corrected chi connectivity index (χ4v) is 3.81. The van der Waals surface area contributed by atoms with Crippen molar-refractivity contribution in [1.29, 1.82) is 0 Å². The Balaban J connectivity index is 1.89. The van der Waals surface area contributed by atoms with E-state index in [0.29, 0.717) is 5.69 Å². The zero-order chi connectivity index (χ0) is 15.7. The van der Waals surface area contributed by atoms with Gasteiger partial charge >= 0.3 is 0 Å². The molecule has 0 atom stereocenters. The summed E-state index contributed by atoms with van der Waals surface area (Å²) in [4.78, 5) is 10.2. The Bertz CT molecular complexity index is 810. The first kappa shape index (κ1) is 14.8. The predicted octanol–water partition coefficient (Wildman–Crippen LogP) is 4.22. The summed E-state index contributed by atoms with van der Waals surface area (Å²) >= 11 is 3.20. The van der Waals surface area contributed by atoms with Crippen LogP contribution in [0.15, 0.2) is 23.6 Å². The summed E-state index contributed by atoms with van der Waals surface area (Å²) in [5.41, 5.74) is 9.27. The molecule has 0 saturated heterocycles. The highest BCUT2D eigenvalue weighted by atomic mass is 32.1. The predicted molar refractivity (Wildman–Crippen MR) is 93.4 cm³/mol. The van der Waals surface area contributed by atoms with Gasteiger partial charge in [-0.2, -0.15) is 0 Å². The largest absolute Gasteiger partial charge is 0.495 e. The van der Waals surface area contributed by atoms with E-state index in [1.54, 1.807) is 35.8 Å². The third kappa shape index (κ3) is 2.90. The molecule has 3 N–H and O–H groups in total. The number of thiazole rings is 2. The minimum absolute atomic E-state index is 0.675. The first-order chi connectivity index (χ1) is 10.6. The van der Waals surface area contributed by atoms with Crippen molar-refractivity contribution in [2.45, 2.75) is 13.8 Å². The molecule has 3 aromatic rings. The molecule has 7 heteroatoms. The lowest BCUT2D eigenvalue weighted by atomic mass is 10.2. The number of benzene rings is 1. The maximum Gasteiger partial charge on any atom is 0.187 e. The Morgan fingerprint density at radius 2 is 2.05 bits per heavy atom. The maximum absolute atomic E-state index is 5.84. The molecule has 0 aliphatic heterocycles. The molecule has 0 amide bonds. The molecule has 0 radical (unpaired) electrons. The van der Waals surface area contributed by atoms with Gasteiger partial charge in [-0.05, 0) is 32.0 Å². The van der Waals surface area contributed by atoms with Gasteiger partial charge in [-0.3, -0.25) is 0 Å². The van der Waals surface area contributed by atoms with Gasteiger partial charge < -0.3 is 15.8 Å². The van der Waals surface area contributed by atoms with E-state index in [9.17, 15) is 0 Å². The minimum Gasteiger partial charge on any atom is -0.495 e. The van der Waals surface area contributed by atoms with Crippen LogP contribution in [0.25, 0.3) is 10.6 Å². The molecule has 114 valence electrons. The van der Waals surface area contributed by atoms with Gasteiger partial charge in [0.05, 0.1) is 34.1 Å². The normalized spacial score (nSPS) is 10.7. The number of hydrogen-bond donors (Lipinski definition) is 2. The number of ether oxygens (including phenoxy) is 1. The van der Waals surface area contributed by atoms with Crippen molar-refractivity contribution in [3.05, 3.63) is 34.3 Å². The van der Waals surface area contributed by atoms with E-state index in [1.165, 1.54) is 0 Å². The zero-order valence-electron chi connectivity index (χ0n) is 12.5. The van der Waals surface area contributed by atoms with Gasteiger partial charge in [-0.15, -0.1) is 22.7 Å². The number of hydrogen-bond acceptors (Lipinski definition) is 7. The molecule has 0 bridgehead atoms. The highest BCUT2D eigenvalue weighted by Gasteiger charge is 2.12. The molecular formula is C15H16N4OS2. The van der Waals surface area contributed by atoms with Crippen LogP contribution in [0.1, 0.15) is 10.7 Å². The average molecular weight is 332 g/mol. The van der Waals surface area contributed by atoms with E-state index in [0.717, 1.165) is 37.8 Å². The summed E-state index contributed by atoms with van der Waals surface area (Å²) < 4.78 is 5.34. The second-order valence-electron chi connectivity index (χ2n) is 4.77. The lowest BCUT2D eigenvalue weighted by Gasteiger charge is -2.09. The molecule has 3 rings (SSSR count). The van der Waals surface area contributed by atoms with Crippen LogP contribution < -0.4 is 15.8 Å². The van der Waals surface area contributed by atoms with Crippen LogP contribution in [0.2, 0.25) is 0 Å². The third-order valence-electron chi connectivity index (χ3n) is 3.11. The van der Waals surface area contributed by atoms with Crippen molar-refractivity contribution in [3.63, 3.8) is 0 Å². The lowest BCUT2D eigenvalue weighted by Crippen LogP contribution is -1.96. The van der Waals surface area contributed by atoms with E-state index in [1.807, 2.05) is 31.4 Å². The van der Waals surface area contributed by atoms with Crippen LogP contribution in [0, 0.1) is 13.8 Å². The number of aromatic nitrogens is 2. The molecule has 5 nitrogen and oxygen atoms in total. The quantitative estimate of drug-likeness (QED) is 0.700. The van der Waals surface area contributed by atoms with Crippen LogP contribution in [-0.4, -0.2) is 17.1 Å². The number of aryl methyl sites for hydroxylation is 2. The van der Waals surface area contributed by atoms with Gasteiger partial charge in [0.25, 0.3) is 0 Å². The molecular weight excluding hydrogens is 316 g/mol. The van der Waals surface area contributed by atoms with Crippen LogP contribution in [0.5, 0.6) is 5.75 Å². The summed E-state index contributed by atoms with van der Waals surface area (Å²) in [6, 6.07) is 5.48. The van der Waals surface area contributed by atoms with Gasteiger partial charge in [0.2, 0.25) is 0 Å². The van der Waals surface area contributed by atoms with Gasteiger partial charge in [-0.1, -0.05) is 0 Å². The average Bonchev–Trinajstić information content (AvgIpc) is 3.05. The van der Waals surface area contributed by atoms with Crippen molar-refractivity contribution >= 4 is 39.2 Å². The number of rotatable bonds is 4. The van der Waals surface area contributed by atoms with E-state index in [2.05, 4.69) is 15.3 Å². The van der Waals surface area contributed by atoms with Crippen molar-refractivity contribution < 1.29 is 4.74 Å². The maximum atomic E-state index is 5.84. The second-order valence-corrected chi connectivity index (χ2v) is 6.83. The minimum atomic E-state index is 0.675. The zero-order valence-corrected chi connectivity index (χ0v) is 14.1. The Labute approximate surface area is 136 Å². The smallest absolute Gasteiger partial charge is 0.187 e. The fourth-order valence-electron chi connectivity index (χ4n) is 2.14. The van der Waals surface area contributed by atoms with E-state index >= 15 is 0 Å². The first-order valence-corrected chi connectivity index (χ1v) is 8.37. The molecule has 0 fully saturated rings. The monoisotopic (exact) mass is 332 g/mol. The Kier molecular flexibility index (Phi) is 4.00. The van der Waals surface area contributed by atoms with E-state index in [4.69, 9.17) is 10.5 Å².